The Balaban J connectivity index is 3.22. The quantitative estimate of drug-likeness (QED) is 0.773. The van der Waals surface area contributed by atoms with Crippen molar-refractivity contribution >= 4 is 5.97 Å². The summed E-state index contributed by atoms with van der Waals surface area (Å²) in [5.41, 5.74) is 6.88. The van der Waals surface area contributed by atoms with Gasteiger partial charge in [0.2, 0.25) is 0 Å². The summed E-state index contributed by atoms with van der Waals surface area (Å²) < 4.78 is 10.3. The molecule has 17 heavy (non-hydrogen) atoms. The van der Waals surface area contributed by atoms with Crippen molar-refractivity contribution in [2.75, 3.05) is 20.8 Å². The van der Waals surface area contributed by atoms with Gasteiger partial charge in [-0.3, -0.25) is 4.79 Å². The van der Waals surface area contributed by atoms with Crippen molar-refractivity contribution < 1.29 is 19.4 Å². The normalized spacial score (nSPS) is 12.2. The molecule has 1 aromatic rings. The average molecular weight is 239 g/mol. The Bertz CT molecular complexity index is 392. The molecule has 3 N–H and O–H groups in total. The molecular formula is C12H17NO4. The van der Waals surface area contributed by atoms with Crippen LogP contribution in [-0.4, -0.2) is 31.8 Å². The van der Waals surface area contributed by atoms with E-state index in [0.717, 1.165) is 5.56 Å². The molecule has 0 radical (unpaired) electrons. The molecule has 1 rings (SSSR count). The molecule has 1 unspecified atom stereocenters. The van der Waals surface area contributed by atoms with Gasteiger partial charge in [0.05, 0.1) is 19.6 Å². The summed E-state index contributed by atoms with van der Waals surface area (Å²) in [6.45, 7) is 0.399. The Morgan fingerprint density at radius 1 is 1.47 bits per heavy atom. The van der Waals surface area contributed by atoms with E-state index < -0.39 is 11.9 Å². The van der Waals surface area contributed by atoms with E-state index in [1.54, 1.807) is 19.2 Å². The van der Waals surface area contributed by atoms with E-state index in [1.165, 1.54) is 7.11 Å². The minimum Gasteiger partial charge on any atom is -0.496 e. The summed E-state index contributed by atoms with van der Waals surface area (Å²) in [5, 5.41) is 9.10. The van der Waals surface area contributed by atoms with Crippen LogP contribution in [0.2, 0.25) is 0 Å². The predicted octanol–water partition coefficient (Wildman–Crippen LogP) is 0.969. The van der Waals surface area contributed by atoms with Crippen LogP contribution in [0, 0.1) is 0 Å². The zero-order valence-electron chi connectivity index (χ0n) is 9.97. The van der Waals surface area contributed by atoms with Crippen molar-refractivity contribution in [2.24, 2.45) is 5.73 Å². The van der Waals surface area contributed by atoms with Gasteiger partial charge < -0.3 is 20.3 Å². The van der Waals surface area contributed by atoms with Crippen molar-refractivity contribution in [3.63, 3.8) is 0 Å². The second-order valence-electron chi connectivity index (χ2n) is 3.60. The van der Waals surface area contributed by atoms with Gasteiger partial charge in [-0.15, -0.1) is 0 Å². The largest absolute Gasteiger partial charge is 0.496 e. The molecule has 0 fully saturated rings. The molecule has 94 valence electrons. The molecule has 0 aromatic heterocycles. The van der Waals surface area contributed by atoms with E-state index in [4.69, 9.17) is 20.3 Å². The van der Waals surface area contributed by atoms with Crippen molar-refractivity contribution in [1.82, 2.24) is 0 Å². The second-order valence-corrected chi connectivity index (χ2v) is 3.60. The Kier molecular flexibility index (Phi) is 4.93. The first-order chi connectivity index (χ1) is 8.15. The standard InChI is InChI=1S/C12H17NO4/c1-16-7-8-4-3-5-9(11(8)17-2)10(6-13)12(14)15/h3-5,10H,6-7,13H2,1-2H3,(H,14,15). The third kappa shape index (κ3) is 2.95. The highest BCUT2D eigenvalue weighted by atomic mass is 16.5. The van der Waals surface area contributed by atoms with Crippen LogP contribution >= 0.6 is 0 Å². The molecule has 0 aliphatic carbocycles. The lowest BCUT2D eigenvalue weighted by Gasteiger charge is -2.17. The molecular weight excluding hydrogens is 222 g/mol. The Labute approximate surface area is 100 Å². The molecule has 5 nitrogen and oxygen atoms in total. The maximum Gasteiger partial charge on any atom is 0.312 e. The van der Waals surface area contributed by atoms with Crippen LogP contribution in [0.4, 0.5) is 0 Å². The van der Waals surface area contributed by atoms with Crippen LogP contribution in [0.3, 0.4) is 0 Å². The summed E-state index contributed by atoms with van der Waals surface area (Å²) in [6.07, 6.45) is 0. The van der Waals surface area contributed by atoms with E-state index in [0.29, 0.717) is 17.9 Å². The van der Waals surface area contributed by atoms with Crippen molar-refractivity contribution in [2.45, 2.75) is 12.5 Å². The number of methoxy groups -OCH3 is 2. The summed E-state index contributed by atoms with van der Waals surface area (Å²) >= 11 is 0. The molecule has 0 amide bonds. The number of nitrogens with two attached hydrogens (primary N) is 1. The molecule has 0 bridgehead atoms. The highest BCUT2D eigenvalue weighted by Crippen LogP contribution is 2.30. The van der Waals surface area contributed by atoms with Gasteiger partial charge in [-0.05, 0) is 0 Å². The van der Waals surface area contributed by atoms with Gasteiger partial charge in [-0.2, -0.15) is 0 Å². The minimum atomic E-state index is -0.958. The van der Waals surface area contributed by atoms with Crippen molar-refractivity contribution in [3.05, 3.63) is 29.3 Å². The number of carbonyl (C=O) groups is 1. The third-order valence-electron chi connectivity index (χ3n) is 2.54. The van der Waals surface area contributed by atoms with E-state index >= 15 is 0 Å². The van der Waals surface area contributed by atoms with Crippen molar-refractivity contribution in [3.8, 4) is 5.75 Å². The monoisotopic (exact) mass is 239 g/mol. The highest BCUT2D eigenvalue weighted by molar-refractivity contribution is 5.77. The molecule has 0 spiro atoms. The van der Waals surface area contributed by atoms with Gasteiger partial charge in [-0.1, -0.05) is 18.2 Å². The summed E-state index contributed by atoms with van der Waals surface area (Å²) in [7, 11) is 3.08. The summed E-state index contributed by atoms with van der Waals surface area (Å²) in [5.74, 6) is -1.19. The summed E-state index contributed by atoms with van der Waals surface area (Å²) in [6, 6.07) is 5.32. The maximum absolute atomic E-state index is 11.1. The molecule has 0 saturated carbocycles. The minimum absolute atomic E-state index is 0.0299. The van der Waals surface area contributed by atoms with Gasteiger partial charge >= 0.3 is 5.97 Å². The molecule has 0 aliphatic heterocycles. The fourth-order valence-electron chi connectivity index (χ4n) is 1.76. The number of rotatable bonds is 6. The number of carboxylic acids is 1. The molecule has 1 atom stereocenters. The van der Waals surface area contributed by atoms with Gasteiger partial charge in [-0.25, -0.2) is 0 Å². The first kappa shape index (κ1) is 13.5. The number of ether oxygens (including phenoxy) is 2. The SMILES string of the molecule is COCc1cccc(C(CN)C(=O)O)c1OC. The van der Waals surface area contributed by atoms with Crippen LogP contribution in [0.15, 0.2) is 18.2 Å². The smallest absolute Gasteiger partial charge is 0.312 e. The zero-order valence-corrected chi connectivity index (χ0v) is 9.97. The lowest BCUT2D eigenvalue weighted by atomic mass is 9.96. The summed E-state index contributed by atoms with van der Waals surface area (Å²) in [4.78, 5) is 11.1. The number of para-hydroxylation sites is 1. The van der Waals surface area contributed by atoms with Crippen LogP contribution in [-0.2, 0) is 16.1 Å². The van der Waals surface area contributed by atoms with Crippen LogP contribution in [0.25, 0.3) is 0 Å². The van der Waals surface area contributed by atoms with Gasteiger partial charge in [0, 0.05) is 24.8 Å². The number of hydrogen-bond acceptors (Lipinski definition) is 4. The first-order valence-corrected chi connectivity index (χ1v) is 5.23. The first-order valence-electron chi connectivity index (χ1n) is 5.23. The van der Waals surface area contributed by atoms with Gasteiger partial charge in [0.15, 0.2) is 0 Å². The Morgan fingerprint density at radius 3 is 2.65 bits per heavy atom. The third-order valence-corrected chi connectivity index (χ3v) is 2.54. The van der Waals surface area contributed by atoms with E-state index in [2.05, 4.69) is 0 Å². The van der Waals surface area contributed by atoms with E-state index in [-0.39, 0.29) is 6.54 Å². The van der Waals surface area contributed by atoms with Crippen LogP contribution < -0.4 is 10.5 Å². The lowest BCUT2D eigenvalue weighted by Crippen LogP contribution is -2.22. The van der Waals surface area contributed by atoms with Crippen LogP contribution in [0.5, 0.6) is 5.75 Å². The number of hydrogen-bond donors (Lipinski definition) is 2. The number of benzene rings is 1. The molecule has 5 heteroatoms. The molecule has 1 aromatic carbocycles. The number of carboxylic acid groups (broad SMARTS) is 1. The van der Waals surface area contributed by atoms with Crippen molar-refractivity contribution in [1.29, 1.82) is 0 Å². The van der Waals surface area contributed by atoms with E-state index in [1.807, 2.05) is 6.07 Å². The topological polar surface area (TPSA) is 81.8 Å². The fraction of sp³-hybridized carbons (Fsp3) is 0.417. The fourth-order valence-corrected chi connectivity index (χ4v) is 1.76. The lowest BCUT2D eigenvalue weighted by molar-refractivity contribution is -0.138. The molecule has 0 heterocycles. The average Bonchev–Trinajstić information content (AvgIpc) is 2.30. The van der Waals surface area contributed by atoms with Gasteiger partial charge in [0.1, 0.15) is 5.75 Å². The highest BCUT2D eigenvalue weighted by Gasteiger charge is 2.23. The van der Waals surface area contributed by atoms with Crippen LogP contribution in [0.1, 0.15) is 17.0 Å². The predicted molar refractivity (Wildman–Crippen MR) is 63.1 cm³/mol. The number of aliphatic carboxylic acids is 1. The molecule has 0 aliphatic rings. The Hall–Kier alpha value is -1.59. The zero-order chi connectivity index (χ0) is 12.8. The van der Waals surface area contributed by atoms with Gasteiger partial charge in [0.25, 0.3) is 0 Å². The maximum atomic E-state index is 11.1. The second kappa shape index (κ2) is 6.22. The Morgan fingerprint density at radius 2 is 2.18 bits per heavy atom. The molecule has 0 saturated heterocycles. The van der Waals surface area contributed by atoms with E-state index in [9.17, 15) is 4.79 Å².